The molecule has 0 saturated carbocycles. The van der Waals surface area contributed by atoms with E-state index in [0.29, 0.717) is 11.1 Å². The van der Waals surface area contributed by atoms with Crippen molar-refractivity contribution >= 4 is 11.9 Å². The second kappa shape index (κ2) is 7.09. The summed E-state index contributed by atoms with van der Waals surface area (Å²) in [5, 5.41) is 18.4. The van der Waals surface area contributed by atoms with Crippen molar-refractivity contribution in [3.05, 3.63) is 69.8 Å². The quantitative estimate of drug-likeness (QED) is 0.811. The van der Waals surface area contributed by atoms with Gasteiger partial charge in [-0.05, 0) is 78.6 Å². The standard InChI is InChI=1S/C21H24O4/c1-13-5-7-15(19(22)23)9-17(13)11-21(3,4)12-18-10-16(20(24)25)8-6-14(18)2/h5-10H,11-12H2,1-4H3,(H,22,23)(H,24,25). The number of carboxylic acids is 2. The first-order valence-electron chi connectivity index (χ1n) is 8.25. The highest BCUT2D eigenvalue weighted by atomic mass is 16.4. The van der Waals surface area contributed by atoms with Gasteiger partial charge in [0.1, 0.15) is 0 Å². The molecule has 0 saturated heterocycles. The van der Waals surface area contributed by atoms with Gasteiger partial charge in [0.15, 0.2) is 0 Å². The Morgan fingerprint density at radius 1 is 0.800 bits per heavy atom. The predicted molar refractivity (Wildman–Crippen MR) is 97.5 cm³/mol. The van der Waals surface area contributed by atoms with Gasteiger partial charge in [-0.1, -0.05) is 26.0 Å². The highest BCUT2D eigenvalue weighted by molar-refractivity contribution is 5.88. The first-order valence-corrected chi connectivity index (χ1v) is 8.25. The van der Waals surface area contributed by atoms with Crippen LogP contribution in [0.5, 0.6) is 0 Å². The Hall–Kier alpha value is -2.62. The molecule has 0 aliphatic heterocycles. The van der Waals surface area contributed by atoms with Crippen molar-refractivity contribution in [3.63, 3.8) is 0 Å². The Morgan fingerprint density at radius 3 is 1.48 bits per heavy atom. The average Bonchev–Trinajstić information content (AvgIpc) is 2.50. The lowest BCUT2D eigenvalue weighted by atomic mass is 9.78. The molecule has 0 aromatic heterocycles. The fraction of sp³-hybridized carbons (Fsp3) is 0.333. The molecule has 0 aliphatic rings. The Kier molecular flexibility index (Phi) is 5.31. The number of hydrogen-bond acceptors (Lipinski definition) is 2. The third kappa shape index (κ3) is 4.69. The van der Waals surface area contributed by atoms with E-state index in [-0.39, 0.29) is 5.41 Å². The summed E-state index contributed by atoms with van der Waals surface area (Å²) in [5.41, 5.74) is 4.60. The minimum Gasteiger partial charge on any atom is -0.478 e. The normalized spacial score (nSPS) is 11.4. The Morgan fingerprint density at radius 2 is 1.16 bits per heavy atom. The van der Waals surface area contributed by atoms with Gasteiger partial charge in [-0.15, -0.1) is 0 Å². The van der Waals surface area contributed by atoms with Crippen molar-refractivity contribution in [2.75, 3.05) is 0 Å². The molecule has 2 aromatic carbocycles. The van der Waals surface area contributed by atoms with Crippen LogP contribution in [-0.2, 0) is 12.8 Å². The van der Waals surface area contributed by atoms with E-state index in [4.69, 9.17) is 0 Å². The number of aryl methyl sites for hydroxylation is 2. The van der Waals surface area contributed by atoms with Crippen LogP contribution in [-0.4, -0.2) is 22.2 Å². The summed E-state index contributed by atoms with van der Waals surface area (Å²) < 4.78 is 0. The van der Waals surface area contributed by atoms with Crippen LogP contribution in [0, 0.1) is 19.3 Å². The van der Waals surface area contributed by atoms with E-state index in [0.717, 1.165) is 35.1 Å². The molecule has 132 valence electrons. The van der Waals surface area contributed by atoms with E-state index in [1.54, 1.807) is 24.3 Å². The molecule has 0 aliphatic carbocycles. The molecule has 0 bridgehead atoms. The fourth-order valence-corrected chi connectivity index (χ4v) is 3.08. The molecule has 0 atom stereocenters. The molecule has 2 rings (SSSR count). The van der Waals surface area contributed by atoms with Crippen LogP contribution in [0.25, 0.3) is 0 Å². The van der Waals surface area contributed by atoms with Gasteiger partial charge in [0.25, 0.3) is 0 Å². The topological polar surface area (TPSA) is 74.6 Å². The molecule has 0 radical (unpaired) electrons. The highest BCUT2D eigenvalue weighted by Crippen LogP contribution is 2.30. The zero-order valence-corrected chi connectivity index (χ0v) is 15.1. The Bertz CT molecular complexity index is 751. The molecular weight excluding hydrogens is 316 g/mol. The molecular formula is C21H24O4. The fourth-order valence-electron chi connectivity index (χ4n) is 3.08. The van der Waals surface area contributed by atoms with E-state index >= 15 is 0 Å². The number of rotatable bonds is 6. The molecule has 25 heavy (non-hydrogen) atoms. The Labute approximate surface area is 148 Å². The van der Waals surface area contributed by atoms with Crippen molar-refractivity contribution in [3.8, 4) is 0 Å². The molecule has 0 fully saturated rings. The first kappa shape index (κ1) is 18.7. The Balaban J connectivity index is 2.28. The van der Waals surface area contributed by atoms with Gasteiger partial charge in [-0.2, -0.15) is 0 Å². The van der Waals surface area contributed by atoms with Gasteiger partial charge < -0.3 is 10.2 Å². The summed E-state index contributed by atoms with van der Waals surface area (Å²) in [6, 6.07) is 10.4. The molecule has 0 heterocycles. The molecule has 4 nitrogen and oxygen atoms in total. The van der Waals surface area contributed by atoms with Crippen molar-refractivity contribution in [1.29, 1.82) is 0 Å². The van der Waals surface area contributed by atoms with Crippen LogP contribution in [0.2, 0.25) is 0 Å². The van der Waals surface area contributed by atoms with Gasteiger partial charge >= 0.3 is 11.9 Å². The van der Waals surface area contributed by atoms with Crippen molar-refractivity contribution in [2.24, 2.45) is 5.41 Å². The van der Waals surface area contributed by atoms with E-state index in [2.05, 4.69) is 13.8 Å². The molecule has 2 N–H and O–H groups in total. The molecule has 2 aromatic rings. The smallest absolute Gasteiger partial charge is 0.335 e. The summed E-state index contributed by atoms with van der Waals surface area (Å²) in [6.07, 6.45) is 1.44. The summed E-state index contributed by atoms with van der Waals surface area (Å²) in [4.78, 5) is 22.4. The molecule has 0 spiro atoms. The monoisotopic (exact) mass is 340 g/mol. The molecule has 0 amide bonds. The zero-order chi connectivity index (χ0) is 18.8. The summed E-state index contributed by atoms with van der Waals surface area (Å²) in [5.74, 6) is -1.85. The van der Waals surface area contributed by atoms with Gasteiger partial charge in [-0.25, -0.2) is 9.59 Å². The second-order valence-electron chi connectivity index (χ2n) is 7.41. The van der Waals surface area contributed by atoms with Gasteiger partial charge in [0, 0.05) is 0 Å². The van der Waals surface area contributed by atoms with Crippen LogP contribution in [0.3, 0.4) is 0 Å². The number of benzene rings is 2. The lowest BCUT2D eigenvalue weighted by Gasteiger charge is -2.27. The van der Waals surface area contributed by atoms with E-state index in [9.17, 15) is 19.8 Å². The van der Waals surface area contributed by atoms with Crippen molar-refractivity contribution < 1.29 is 19.8 Å². The number of carbonyl (C=O) groups is 2. The van der Waals surface area contributed by atoms with Crippen LogP contribution >= 0.6 is 0 Å². The van der Waals surface area contributed by atoms with Crippen molar-refractivity contribution in [2.45, 2.75) is 40.5 Å². The molecule has 4 heteroatoms. The molecule has 0 unspecified atom stereocenters. The largest absolute Gasteiger partial charge is 0.478 e. The van der Waals surface area contributed by atoms with Crippen LogP contribution in [0.15, 0.2) is 36.4 Å². The second-order valence-corrected chi connectivity index (χ2v) is 7.41. The van der Waals surface area contributed by atoms with Crippen LogP contribution in [0.4, 0.5) is 0 Å². The highest BCUT2D eigenvalue weighted by Gasteiger charge is 2.22. The van der Waals surface area contributed by atoms with Crippen LogP contribution in [0.1, 0.15) is 56.8 Å². The predicted octanol–water partition coefficient (Wildman–Crippen LogP) is 4.51. The summed E-state index contributed by atoms with van der Waals surface area (Å²) in [7, 11) is 0. The number of hydrogen-bond donors (Lipinski definition) is 2. The zero-order valence-electron chi connectivity index (χ0n) is 15.1. The average molecular weight is 340 g/mol. The maximum absolute atomic E-state index is 11.2. The van der Waals surface area contributed by atoms with Crippen LogP contribution < -0.4 is 0 Å². The maximum atomic E-state index is 11.2. The van der Waals surface area contributed by atoms with Gasteiger partial charge in [-0.3, -0.25) is 0 Å². The minimum absolute atomic E-state index is 0.135. The maximum Gasteiger partial charge on any atom is 0.335 e. The van der Waals surface area contributed by atoms with E-state index in [1.807, 2.05) is 26.0 Å². The first-order chi connectivity index (χ1) is 11.6. The van der Waals surface area contributed by atoms with Crippen molar-refractivity contribution in [1.82, 2.24) is 0 Å². The van der Waals surface area contributed by atoms with Gasteiger partial charge in [0.05, 0.1) is 11.1 Å². The number of aromatic carboxylic acids is 2. The third-order valence-electron chi connectivity index (χ3n) is 4.53. The van der Waals surface area contributed by atoms with Gasteiger partial charge in [0.2, 0.25) is 0 Å². The SMILES string of the molecule is Cc1ccc(C(=O)O)cc1CC(C)(C)Cc1cc(C(=O)O)ccc1C. The lowest BCUT2D eigenvalue weighted by molar-refractivity contribution is 0.0686. The van der Waals surface area contributed by atoms with E-state index < -0.39 is 11.9 Å². The third-order valence-corrected chi connectivity index (χ3v) is 4.53. The minimum atomic E-state index is -0.927. The summed E-state index contributed by atoms with van der Waals surface area (Å²) in [6.45, 7) is 8.19. The lowest BCUT2D eigenvalue weighted by Crippen LogP contribution is -2.20. The van der Waals surface area contributed by atoms with E-state index in [1.165, 1.54) is 0 Å². The number of carboxylic acid groups (broad SMARTS) is 2. The summed E-state index contributed by atoms with van der Waals surface area (Å²) >= 11 is 0.